The summed E-state index contributed by atoms with van der Waals surface area (Å²) in [6.07, 6.45) is 0.797. The van der Waals surface area contributed by atoms with Crippen LogP contribution in [0.4, 0.5) is 0 Å². The fourth-order valence-corrected chi connectivity index (χ4v) is 3.93. The Morgan fingerprint density at radius 2 is 1.90 bits per heavy atom. The minimum atomic E-state index is -0.956. The summed E-state index contributed by atoms with van der Waals surface area (Å²) in [7, 11) is 0. The van der Waals surface area contributed by atoms with Crippen molar-refractivity contribution in [1.82, 2.24) is 19.7 Å². The zero-order valence-corrected chi connectivity index (χ0v) is 17.8. The van der Waals surface area contributed by atoms with E-state index in [0.29, 0.717) is 28.1 Å². The van der Waals surface area contributed by atoms with Crippen LogP contribution in [0.2, 0.25) is 10.0 Å². The number of halogens is 2. The highest BCUT2D eigenvalue weighted by molar-refractivity contribution is 6.36. The smallest absolute Gasteiger partial charge is 0.234 e. The van der Waals surface area contributed by atoms with Gasteiger partial charge in [-0.05, 0) is 30.7 Å². The Labute approximate surface area is 184 Å². The number of hydrogen-bond donors (Lipinski definition) is 3. The Morgan fingerprint density at radius 1 is 1.13 bits per heavy atom. The first kappa shape index (κ1) is 20.8. The van der Waals surface area contributed by atoms with E-state index in [2.05, 4.69) is 15.3 Å². The number of aromatic nitrogens is 3. The second kappa shape index (κ2) is 8.71. The van der Waals surface area contributed by atoms with Gasteiger partial charge in [-0.25, -0.2) is 9.97 Å². The van der Waals surface area contributed by atoms with E-state index in [0.717, 1.165) is 28.1 Å². The van der Waals surface area contributed by atoms with Gasteiger partial charge < -0.3 is 10.8 Å². The number of aryl methyl sites for hydroxylation is 1. The van der Waals surface area contributed by atoms with Crippen LogP contribution in [0.3, 0.4) is 0 Å². The SMILES string of the molecule is Cc1nc2nc(C(O)NCc3ccccc3)cn2c(-c2ccc(Cl)cc2Cl)c1CN. The first-order valence-corrected chi connectivity index (χ1v) is 10.2. The molecule has 2 aromatic heterocycles. The monoisotopic (exact) mass is 441 g/mol. The fraction of sp³-hybridized carbons (Fsp3) is 0.182. The molecule has 30 heavy (non-hydrogen) atoms. The van der Waals surface area contributed by atoms with Crippen LogP contribution < -0.4 is 11.1 Å². The van der Waals surface area contributed by atoms with Crippen molar-refractivity contribution in [3.8, 4) is 11.3 Å². The van der Waals surface area contributed by atoms with Gasteiger partial charge in [-0.1, -0.05) is 53.5 Å². The highest BCUT2D eigenvalue weighted by Gasteiger charge is 2.20. The molecule has 0 saturated heterocycles. The Morgan fingerprint density at radius 3 is 2.60 bits per heavy atom. The molecule has 8 heteroatoms. The van der Waals surface area contributed by atoms with E-state index >= 15 is 0 Å². The summed E-state index contributed by atoms with van der Waals surface area (Å²) in [4.78, 5) is 9.09. The first-order valence-electron chi connectivity index (χ1n) is 9.47. The minimum Gasteiger partial charge on any atom is -0.373 e. The lowest BCUT2D eigenvalue weighted by molar-refractivity contribution is 0.133. The number of imidazole rings is 1. The van der Waals surface area contributed by atoms with E-state index < -0.39 is 6.23 Å². The van der Waals surface area contributed by atoms with Gasteiger partial charge in [0, 0.05) is 41.1 Å². The van der Waals surface area contributed by atoms with Crippen LogP contribution >= 0.6 is 23.2 Å². The molecule has 2 aromatic carbocycles. The fourth-order valence-electron chi connectivity index (χ4n) is 3.43. The molecule has 0 bridgehead atoms. The lowest BCUT2D eigenvalue weighted by Gasteiger charge is -2.14. The Kier molecular flexibility index (Phi) is 6.04. The van der Waals surface area contributed by atoms with Crippen LogP contribution in [-0.2, 0) is 13.1 Å². The standard InChI is InChI=1S/C22H21Cl2N5O/c1-13-17(10-25)20(16-8-7-15(23)9-18(16)24)29-12-19(28-22(29)27-13)21(30)26-11-14-5-3-2-4-6-14/h2-9,12,21,26,30H,10-11,25H2,1H3. The number of fused-ring (bicyclic) bond motifs is 1. The number of nitrogens with two attached hydrogens (primary N) is 1. The molecule has 0 aliphatic carbocycles. The van der Waals surface area contributed by atoms with Gasteiger partial charge in [0.15, 0.2) is 0 Å². The molecule has 0 spiro atoms. The molecule has 0 amide bonds. The lowest BCUT2D eigenvalue weighted by Crippen LogP contribution is -2.20. The first-order chi connectivity index (χ1) is 14.5. The Bertz CT molecular complexity index is 1190. The summed E-state index contributed by atoms with van der Waals surface area (Å²) >= 11 is 12.6. The van der Waals surface area contributed by atoms with E-state index in [1.165, 1.54) is 0 Å². The number of nitrogens with zero attached hydrogens (tertiary/aromatic N) is 3. The van der Waals surface area contributed by atoms with Crippen LogP contribution in [-0.4, -0.2) is 19.5 Å². The molecule has 4 aromatic rings. The predicted molar refractivity (Wildman–Crippen MR) is 119 cm³/mol. The third-order valence-electron chi connectivity index (χ3n) is 4.95. The van der Waals surface area contributed by atoms with Crippen LogP contribution in [0.15, 0.2) is 54.7 Å². The molecule has 1 unspecified atom stereocenters. The number of aliphatic hydroxyl groups excluding tert-OH is 1. The summed E-state index contributed by atoms with van der Waals surface area (Å²) in [6, 6.07) is 15.2. The molecule has 0 aliphatic rings. The summed E-state index contributed by atoms with van der Waals surface area (Å²) in [6.45, 7) is 2.67. The summed E-state index contributed by atoms with van der Waals surface area (Å²) in [5.74, 6) is 0.460. The molecular formula is C22H21Cl2N5O. The van der Waals surface area contributed by atoms with Crippen molar-refractivity contribution >= 4 is 29.0 Å². The second-order valence-corrected chi connectivity index (χ2v) is 7.80. The Balaban J connectivity index is 1.76. The molecule has 0 fully saturated rings. The lowest BCUT2D eigenvalue weighted by atomic mass is 10.0. The maximum absolute atomic E-state index is 10.6. The average Bonchev–Trinajstić information content (AvgIpc) is 3.16. The largest absolute Gasteiger partial charge is 0.373 e. The van der Waals surface area contributed by atoms with E-state index in [1.54, 1.807) is 18.3 Å². The number of benzene rings is 2. The third-order valence-corrected chi connectivity index (χ3v) is 5.50. The van der Waals surface area contributed by atoms with E-state index in [1.807, 2.05) is 47.7 Å². The number of rotatable bonds is 6. The van der Waals surface area contributed by atoms with Crippen molar-refractivity contribution in [2.45, 2.75) is 26.2 Å². The second-order valence-electron chi connectivity index (χ2n) is 6.96. The highest BCUT2D eigenvalue weighted by atomic mass is 35.5. The molecule has 1 atom stereocenters. The average molecular weight is 442 g/mol. The zero-order chi connectivity index (χ0) is 21.3. The Hall–Kier alpha value is -2.48. The quantitative estimate of drug-likeness (QED) is 0.389. The maximum atomic E-state index is 10.6. The summed E-state index contributed by atoms with van der Waals surface area (Å²) in [5.41, 5.74) is 10.7. The normalized spacial score (nSPS) is 12.4. The van der Waals surface area contributed by atoms with Crippen LogP contribution in [0.25, 0.3) is 17.0 Å². The number of hydrogen-bond acceptors (Lipinski definition) is 5. The molecule has 0 saturated carbocycles. The third kappa shape index (κ3) is 4.05. The van der Waals surface area contributed by atoms with Gasteiger partial charge in [0.1, 0.15) is 11.9 Å². The molecule has 154 valence electrons. The van der Waals surface area contributed by atoms with Crippen molar-refractivity contribution in [1.29, 1.82) is 0 Å². The zero-order valence-electron chi connectivity index (χ0n) is 16.3. The van der Waals surface area contributed by atoms with E-state index in [4.69, 9.17) is 28.9 Å². The highest BCUT2D eigenvalue weighted by Crippen LogP contribution is 2.34. The van der Waals surface area contributed by atoms with Gasteiger partial charge in [0.2, 0.25) is 5.78 Å². The predicted octanol–water partition coefficient (Wildman–Crippen LogP) is 4.25. The van der Waals surface area contributed by atoms with E-state index in [-0.39, 0.29) is 6.54 Å². The number of aliphatic hydroxyl groups is 1. The molecular weight excluding hydrogens is 421 g/mol. The summed E-state index contributed by atoms with van der Waals surface area (Å²) in [5, 5.41) is 14.8. The molecule has 0 radical (unpaired) electrons. The topological polar surface area (TPSA) is 88.5 Å². The molecule has 0 aliphatic heterocycles. The maximum Gasteiger partial charge on any atom is 0.234 e. The van der Waals surface area contributed by atoms with Crippen molar-refractivity contribution in [3.63, 3.8) is 0 Å². The molecule has 2 heterocycles. The van der Waals surface area contributed by atoms with Crippen LogP contribution in [0.1, 0.15) is 28.7 Å². The summed E-state index contributed by atoms with van der Waals surface area (Å²) < 4.78 is 1.81. The van der Waals surface area contributed by atoms with Crippen molar-refractivity contribution < 1.29 is 5.11 Å². The van der Waals surface area contributed by atoms with E-state index in [9.17, 15) is 5.11 Å². The number of nitrogens with one attached hydrogen (secondary N) is 1. The minimum absolute atomic E-state index is 0.283. The van der Waals surface area contributed by atoms with Gasteiger partial charge >= 0.3 is 0 Å². The molecule has 4 rings (SSSR count). The van der Waals surface area contributed by atoms with Gasteiger partial charge in [-0.3, -0.25) is 9.72 Å². The molecule has 6 nitrogen and oxygen atoms in total. The van der Waals surface area contributed by atoms with Gasteiger partial charge in [0.25, 0.3) is 0 Å². The molecule has 4 N–H and O–H groups in total. The van der Waals surface area contributed by atoms with Crippen LogP contribution in [0, 0.1) is 6.92 Å². The van der Waals surface area contributed by atoms with Crippen molar-refractivity contribution in [2.75, 3.05) is 0 Å². The van der Waals surface area contributed by atoms with Crippen LogP contribution in [0.5, 0.6) is 0 Å². The van der Waals surface area contributed by atoms with Crippen molar-refractivity contribution in [2.24, 2.45) is 5.73 Å². The van der Waals surface area contributed by atoms with Crippen molar-refractivity contribution in [3.05, 3.63) is 87.3 Å². The van der Waals surface area contributed by atoms with Gasteiger partial charge in [-0.2, -0.15) is 0 Å². The van der Waals surface area contributed by atoms with Gasteiger partial charge in [-0.15, -0.1) is 0 Å². The van der Waals surface area contributed by atoms with Gasteiger partial charge in [0.05, 0.1) is 10.7 Å².